The number of benzene rings is 1. The summed E-state index contributed by atoms with van der Waals surface area (Å²) in [5.41, 5.74) is 1.34. The summed E-state index contributed by atoms with van der Waals surface area (Å²) in [5.74, 6) is 0.692. The molecule has 1 heterocycles. The Balaban J connectivity index is 1.64. The van der Waals surface area contributed by atoms with E-state index in [9.17, 15) is 0 Å². The van der Waals surface area contributed by atoms with Gasteiger partial charge in [0, 0.05) is 13.1 Å². The summed E-state index contributed by atoms with van der Waals surface area (Å²) < 4.78 is 7.98. The lowest BCUT2D eigenvalue weighted by Gasteiger charge is -2.16. The molecule has 0 aliphatic rings. The minimum atomic E-state index is 0.461. The highest BCUT2D eigenvalue weighted by atomic mass is 35.5. The number of nitrogens with zero attached hydrogens (tertiary/aromatic N) is 3. The van der Waals surface area contributed by atoms with Crippen LogP contribution >= 0.6 is 23.3 Å². The van der Waals surface area contributed by atoms with E-state index in [0.717, 1.165) is 37.8 Å². The van der Waals surface area contributed by atoms with Gasteiger partial charge in [0.1, 0.15) is 0 Å². The lowest BCUT2D eigenvalue weighted by atomic mass is 10.2. The third kappa shape index (κ3) is 4.78. The van der Waals surface area contributed by atoms with Crippen LogP contribution in [0.25, 0.3) is 0 Å². The van der Waals surface area contributed by atoms with Crippen molar-refractivity contribution >= 4 is 29.1 Å². The van der Waals surface area contributed by atoms with Gasteiger partial charge in [0.15, 0.2) is 11.0 Å². The molecule has 0 spiro atoms. The fourth-order valence-corrected chi connectivity index (χ4v) is 2.50. The molecule has 1 N–H and O–H groups in total. The maximum absolute atomic E-state index is 5.85. The topological polar surface area (TPSA) is 41.0 Å². The molecule has 102 valence electrons. The lowest BCUT2D eigenvalue weighted by Crippen LogP contribution is -2.21. The van der Waals surface area contributed by atoms with Gasteiger partial charge in [0.25, 0.3) is 0 Å². The number of hydrogen-bond acceptors (Lipinski definition) is 5. The Labute approximate surface area is 122 Å². The van der Waals surface area contributed by atoms with Gasteiger partial charge in [-0.3, -0.25) is 0 Å². The summed E-state index contributed by atoms with van der Waals surface area (Å²) in [4.78, 5) is 2.30. The van der Waals surface area contributed by atoms with Crippen LogP contribution in [0.1, 0.15) is 12.0 Å². The fraction of sp³-hybridized carbons (Fsp3) is 0.385. The molecule has 4 nitrogen and oxygen atoms in total. The summed E-state index contributed by atoms with van der Waals surface area (Å²) >= 11 is 6.98. The molecule has 0 saturated carbocycles. The maximum Gasteiger partial charge on any atom is 0.186 e. The standard InChI is InChI=1S/C13H17ClN4S/c1-18(10-11-6-3-2-4-7-11)9-5-8-15-13-12(14)16-19-17-13/h2-4,6-7H,5,8-10H2,1H3,(H,15,17). The minimum Gasteiger partial charge on any atom is -0.367 e. The first kappa shape index (κ1) is 14.2. The molecule has 0 atom stereocenters. The highest BCUT2D eigenvalue weighted by Gasteiger charge is 2.04. The molecule has 0 amide bonds. The number of hydrogen-bond donors (Lipinski definition) is 1. The summed E-state index contributed by atoms with van der Waals surface area (Å²) in [6, 6.07) is 10.5. The summed E-state index contributed by atoms with van der Waals surface area (Å²) in [6.45, 7) is 2.85. The van der Waals surface area contributed by atoms with E-state index in [1.54, 1.807) is 0 Å². The third-order valence-corrected chi connectivity index (χ3v) is 3.65. The highest BCUT2D eigenvalue weighted by molar-refractivity contribution is 6.99. The van der Waals surface area contributed by atoms with Gasteiger partial charge in [-0.05, 0) is 25.6 Å². The highest BCUT2D eigenvalue weighted by Crippen LogP contribution is 2.17. The summed E-state index contributed by atoms with van der Waals surface area (Å²) in [5, 5.41) is 3.65. The van der Waals surface area contributed by atoms with Crippen molar-refractivity contribution < 1.29 is 0 Å². The normalized spacial score (nSPS) is 10.9. The number of halogens is 1. The minimum absolute atomic E-state index is 0.461. The van der Waals surface area contributed by atoms with Crippen LogP contribution < -0.4 is 5.32 Å². The average Bonchev–Trinajstić information content (AvgIpc) is 2.81. The van der Waals surface area contributed by atoms with E-state index in [4.69, 9.17) is 11.6 Å². The second kappa shape index (κ2) is 7.43. The van der Waals surface area contributed by atoms with Crippen LogP contribution in [0.5, 0.6) is 0 Å². The second-order valence-corrected chi connectivity index (χ2v) is 5.29. The molecule has 1 aromatic heterocycles. The quantitative estimate of drug-likeness (QED) is 0.797. The molecule has 0 aliphatic heterocycles. The molecular weight excluding hydrogens is 280 g/mol. The van der Waals surface area contributed by atoms with Gasteiger partial charge in [0.05, 0.1) is 11.7 Å². The largest absolute Gasteiger partial charge is 0.367 e. The van der Waals surface area contributed by atoms with Crippen LogP contribution in [0.3, 0.4) is 0 Å². The number of anilines is 1. The van der Waals surface area contributed by atoms with Crippen molar-refractivity contribution in [3.8, 4) is 0 Å². The van der Waals surface area contributed by atoms with Crippen molar-refractivity contribution in [1.29, 1.82) is 0 Å². The van der Waals surface area contributed by atoms with Crippen molar-refractivity contribution in [3.05, 3.63) is 41.0 Å². The van der Waals surface area contributed by atoms with Crippen molar-refractivity contribution in [2.75, 3.05) is 25.5 Å². The van der Waals surface area contributed by atoms with E-state index in [-0.39, 0.29) is 0 Å². The average molecular weight is 297 g/mol. The van der Waals surface area contributed by atoms with Crippen LogP contribution in [-0.4, -0.2) is 33.8 Å². The van der Waals surface area contributed by atoms with Crippen LogP contribution in [0.4, 0.5) is 5.82 Å². The molecule has 0 saturated heterocycles. The Kier molecular flexibility index (Phi) is 5.57. The van der Waals surface area contributed by atoms with E-state index in [1.165, 1.54) is 5.56 Å². The zero-order chi connectivity index (χ0) is 13.5. The number of nitrogens with one attached hydrogen (secondary N) is 1. The molecule has 0 aliphatic carbocycles. The van der Waals surface area contributed by atoms with Gasteiger partial charge in [0.2, 0.25) is 0 Å². The smallest absolute Gasteiger partial charge is 0.186 e. The van der Waals surface area contributed by atoms with Crippen molar-refractivity contribution in [1.82, 2.24) is 13.6 Å². The predicted octanol–water partition coefficient (Wildman–Crippen LogP) is 3.13. The monoisotopic (exact) mass is 296 g/mol. The van der Waals surface area contributed by atoms with E-state index in [0.29, 0.717) is 11.0 Å². The van der Waals surface area contributed by atoms with Gasteiger partial charge in [-0.15, -0.1) is 0 Å². The molecule has 6 heteroatoms. The fourth-order valence-electron chi connectivity index (χ4n) is 1.81. The van der Waals surface area contributed by atoms with E-state index in [1.807, 2.05) is 6.07 Å². The Morgan fingerprint density at radius 1 is 1.26 bits per heavy atom. The van der Waals surface area contributed by atoms with Crippen molar-refractivity contribution in [2.45, 2.75) is 13.0 Å². The zero-order valence-corrected chi connectivity index (χ0v) is 12.4. The molecule has 2 aromatic rings. The van der Waals surface area contributed by atoms with Crippen LogP contribution in [0.2, 0.25) is 5.15 Å². The molecule has 1 aromatic carbocycles. The van der Waals surface area contributed by atoms with Crippen LogP contribution in [0, 0.1) is 0 Å². The molecular formula is C13H17ClN4S. The molecule has 0 bridgehead atoms. The van der Waals surface area contributed by atoms with Gasteiger partial charge in [-0.2, -0.15) is 8.75 Å². The third-order valence-electron chi connectivity index (χ3n) is 2.75. The first-order valence-corrected chi connectivity index (χ1v) is 7.31. The Hall–Kier alpha value is -1.17. The predicted molar refractivity (Wildman–Crippen MR) is 80.8 cm³/mol. The maximum atomic E-state index is 5.85. The van der Waals surface area contributed by atoms with Crippen molar-refractivity contribution in [2.24, 2.45) is 0 Å². The first-order chi connectivity index (χ1) is 9.25. The molecule has 0 unspecified atom stereocenters. The first-order valence-electron chi connectivity index (χ1n) is 6.20. The van der Waals surface area contributed by atoms with Gasteiger partial charge in [-0.1, -0.05) is 41.9 Å². The molecule has 2 rings (SSSR count). The van der Waals surface area contributed by atoms with Gasteiger partial charge < -0.3 is 10.2 Å². The van der Waals surface area contributed by atoms with E-state index < -0.39 is 0 Å². The van der Waals surface area contributed by atoms with E-state index >= 15 is 0 Å². The molecule has 0 radical (unpaired) electrons. The van der Waals surface area contributed by atoms with Crippen molar-refractivity contribution in [3.63, 3.8) is 0 Å². The Morgan fingerprint density at radius 2 is 2.05 bits per heavy atom. The summed E-state index contributed by atoms with van der Waals surface area (Å²) in [7, 11) is 2.13. The lowest BCUT2D eigenvalue weighted by molar-refractivity contribution is 0.325. The zero-order valence-electron chi connectivity index (χ0n) is 10.8. The number of rotatable bonds is 7. The van der Waals surface area contributed by atoms with Gasteiger partial charge >= 0.3 is 0 Å². The van der Waals surface area contributed by atoms with Gasteiger partial charge in [-0.25, -0.2) is 0 Å². The summed E-state index contributed by atoms with van der Waals surface area (Å²) in [6.07, 6.45) is 1.04. The molecule has 0 fully saturated rings. The Morgan fingerprint density at radius 3 is 2.74 bits per heavy atom. The SMILES string of the molecule is CN(CCCNc1nsnc1Cl)Cc1ccccc1. The van der Waals surface area contributed by atoms with Crippen LogP contribution in [0.15, 0.2) is 30.3 Å². The second-order valence-electron chi connectivity index (χ2n) is 4.41. The molecule has 19 heavy (non-hydrogen) atoms. The van der Waals surface area contributed by atoms with Crippen LogP contribution in [-0.2, 0) is 6.54 Å². The Bertz CT molecular complexity index is 488. The van der Waals surface area contributed by atoms with E-state index in [2.05, 4.69) is 50.3 Å². The number of aromatic nitrogens is 2.